The topological polar surface area (TPSA) is 64.1 Å². The molecule has 0 unspecified atom stereocenters. The minimum absolute atomic E-state index is 0.0158. The third-order valence-electron chi connectivity index (χ3n) is 4.71. The molecule has 0 saturated heterocycles. The number of unbranched alkanes of at least 4 members (excludes halogenated alkanes) is 1. The monoisotopic (exact) mass is 435 g/mol. The maximum Gasteiger partial charge on any atom is 0.220 e. The van der Waals surface area contributed by atoms with Crippen LogP contribution in [0.2, 0.25) is 0 Å². The second kappa shape index (κ2) is 10.1. The van der Waals surface area contributed by atoms with Crippen molar-refractivity contribution >= 4 is 27.5 Å². The van der Waals surface area contributed by atoms with Gasteiger partial charge in [0.2, 0.25) is 11.8 Å². The number of pyridine rings is 1. The van der Waals surface area contributed by atoms with Gasteiger partial charge in [-0.15, -0.1) is 11.3 Å². The summed E-state index contributed by atoms with van der Waals surface area (Å²) in [7, 11) is 0. The summed E-state index contributed by atoms with van der Waals surface area (Å²) in [6.45, 7) is 0.402. The first-order valence-electron chi connectivity index (χ1n) is 10.2. The maximum absolute atomic E-state index is 13.0. The molecule has 2 aromatic carbocycles. The van der Waals surface area contributed by atoms with Crippen LogP contribution in [0, 0.1) is 5.82 Å². The summed E-state index contributed by atoms with van der Waals surface area (Å²) in [6, 6.07) is 17.5. The molecule has 31 heavy (non-hydrogen) atoms. The van der Waals surface area contributed by atoms with E-state index in [9.17, 15) is 9.18 Å². The minimum atomic E-state index is -0.322. The first-order valence-corrected chi connectivity index (χ1v) is 11.0. The molecule has 4 rings (SSSR count). The number of fused-ring (bicyclic) bond motifs is 1. The number of rotatable bonds is 9. The van der Waals surface area contributed by atoms with Crippen LogP contribution in [0.1, 0.15) is 29.8 Å². The van der Waals surface area contributed by atoms with Gasteiger partial charge in [0.15, 0.2) is 0 Å². The molecule has 2 heterocycles. The van der Waals surface area contributed by atoms with Gasteiger partial charge < -0.3 is 10.1 Å². The van der Waals surface area contributed by atoms with E-state index in [0.29, 0.717) is 24.6 Å². The van der Waals surface area contributed by atoms with E-state index in [1.807, 2.05) is 24.3 Å². The Labute approximate surface area is 183 Å². The van der Waals surface area contributed by atoms with Crippen LogP contribution in [0.15, 0.2) is 66.9 Å². The van der Waals surface area contributed by atoms with Gasteiger partial charge in [0.1, 0.15) is 11.6 Å². The lowest BCUT2D eigenvalue weighted by atomic mass is 10.2. The first-order chi connectivity index (χ1) is 15.2. The molecule has 158 valence electrons. The number of carbonyl (C=O) groups is 1. The molecule has 0 spiro atoms. The van der Waals surface area contributed by atoms with Gasteiger partial charge in [0, 0.05) is 25.2 Å². The van der Waals surface area contributed by atoms with Crippen LogP contribution in [-0.4, -0.2) is 15.9 Å². The highest BCUT2D eigenvalue weighted by Gasteiger charge is 2.06. The number of benzene rings is 2. The highest BCUT2D eigenvalue weighted by molar-refractivity contribution is 7.18. The number of hydrogen-bond acceptors (Lipinski definition) is 5. The van der Waals surface area contributed by atoms with Gasteiger partial charge in [-0.3, -0.25) is 4.79 Å². The quantitative estimate of drug-likeness (QED) is 0.345. The van der Waals surface area contributed by atoms with E-state index < -0.39 is 0 Å². The normalized spacial score (nSPS) is 10.9. The van der Waals surface area contributed by atoms with E-state index in [-0.39, 0.29) is 11.7 Å². The van der Waals surface area contributed by atoms with Crippen LogP contribution < -0.4 is 10.1 Å². The molecule has 7 heteroatoms. The molecule has 0 atom stereocenters. The predicted molar refractivity (Wildman–Crippen MR) is 120 cm³/mol. The third kappa shape index (κ3) is 6.08. The lowest BCUT2D eigenvalue weighted by molar-refractivity contribution is -0.121. The van der Waals surface area contributed by atoms with Gasteiger partial charge in [-0.2, -0.15) is 0 Å². The number of hydrogen-bond donors (Lipinski definition) is 1. The lowest BCUT2D eigenvalue weighted by Crippen LogP contribution is -2.22. The highest BCUT2D eigenvalue weighted by Crippen LogP contribution is 2.23. The fraction of sp³-hybridized carbons (Fsp3) is 0.208. The fourth-order valence-electron chi connectivity index (χ4n) is 3.12. The van der Waals surface area contributed by atoms with Gasteiger partial charge >= 0.3 is 0 Å². The van der Waals surface area contributed by atoms with E-state index in [4.69, 9.17) is 4.74 Å². The molecule has 0 aliphatic heterocycles. The first kappa shape index (κ1) is 20.9. The summed E-state index contributed by atoms with van der Waals surface area (Å²) in [6.07, 6.45) is 4.74. The van der Waals surface area contributed by atoms with Crippen LogP contribution >= 0.6 is 11.3 Å². The zero-order valence-corrected chi connectivity index (χ0v) is 17.7. The van der Waals surface area contributed by atoms with Crippen molar-refractivity contribution in [3.63, 3.8) is 0 Å². The Morgan fingerprint density at radius 3 is 2.74 bits per heavy atom. The molecule has 0 aliphatic rings. The van der Waals surface area contributed by atoms with Gasteiger partial charge in [-0.1, -0.05) is 12.1 Å². The van der Waals surface area contributed by atoms with Crippen molar-refractivity contribution in [3.8, 4) is 11.6 Å². The van der Waals surface area contributed by atoms with Crippen molar-refractivity contribution in [2.75, 3.05) is 0 Å². The van der Waals surface area contributed by atoms with Gasteiger partial charge in [0.25, 0.3) is 0 Å². The molecule has 0 fully saturated rings. The Balaban J connectivity index is 1.19. The van der Waals surface area contributed by atoms with Crippen molar-refractivity contribution in [2.24, 2.45) is 0 Å². The molecular formula is C24H22FN3O2S. The summed E-state index contributed by atoms with van der Waals surface area (Å²) in [5.41, 5.74) is 1.93. The lowest BCUT2D eigenvalue weighted by Gasteiger charge is -2.08. The minimum Gasteiger partial charge on any atom is -0.439 e. The van der Waals surface area contributed by atoms with E-state index in [1.165, 1.54) is 16.8 Å². The number of carbonyl (C=O) groups excluding carboxylic acids is 1. The number of halogens is 1. The van der Waals surface area contributed by atoms with Crippen LogP contribution in [0.5, 0.6) is 11.6 Å². The maximum atomic E-state index is 13.0. The van der Waals surface area contributed by atoms with E-state index in [1.54, 1.807) is 35.7 Å². The Bertz CT molecular complexity index is 1130. The van der Waals surface area contributed by atoms with Crippen molar-refractivity contribution in [2.45, 2.75) is 32.2 Å². The molecule has 0 aliphatic carbocycles. The zero-order chi connectivity index (χ0) is 21.5. The smallest absolute Gasteiger partial charge is 0.220 e. The summed E-state index contributed by atoms with van der Waals surface area (Å²) in [5, 5.41) is 4.05. The Morgan fingerprint density at radius 1 is 1.06 bits per heavy atom. The zero-order valence-electron chi connectivity index (χ0n) is 16.9. The van der Waals surface area contributed by atoms with Crippen molar-refractivity contribution in [3.05, 3.63) is 83.2 Å². The van der Waals surface area contributed by atoms with Crippen molar-refractivity contribution < 1.29 is 13.9 Å². The summed E-state index contributed by atoms with van der Waals surface area (Å²) >= 11 is 1.72. The van der Waals surface area contributed by atoms with E-state index in [2.05, 4.69) is 21.4 Å². The van der Waals surface area contributed by atoms with Gasteiger partial charge in [-0.25, -0.2) is 14.4 Å². The number of para-hydroxylation sites is 1. The average Bonchev–Trinajstić information content (AvgIpc) is 3.20. The molecule has 4 aromatic rings. The van der Waals surface area contributed by atoms with Crippen LogP contribution in [0.3, 0.4) is 0 Å². The summed E-state index contributed by atoms with van der Waals surface area (Å²) in [5.74, 6) is 0.594. The Kier molecular flexibility index (Phi) is 6.84. The van der Waals surface area contributed by atoms with Crippen molar-refractivity contribution in [1.82, 2.24) is 15.3 Å². The molecule has 2 aromatic heterocycles. The predicted octanol–water partition coefficient (Wildman–Crippen LogP) is 5.65. The highest BCUT2D eigenvalue weighted by atomic mass is 32.1. The third-order valence-corrected chi connectivity index (χ3v) is 5.80. The van der Waals surface area contributed by atoms with Gasteiger partial charge in [-0.05, 0) is 67.3 Å². The second-order valence-electron chi connectivity index (χ2n) is 7.12. The number of aromatic nitrogens is 2. The average molecular weight is 436 g/mol. The molecule has 0 saturated carbocycles. The number of amides is 1. The number of nitrogens with one attached hydrogen (secondary N) is 1. The Morgan fingerprint density at radius 2 is 1.90 bits per heavy atom. The number of nitrogens with zero attached hydrogens (tertiary/aromatic N) is 2. The molecule has 1 amide bonds. The van der Waals surface area contributed by atoms with Gasteiger partial charge in [0.05, 0.1) is 15.2 Å². The van der Waals surface area contributed by atoms with Crippen LogP contribution in [-0.2, 0) is 17.8 Å². The number of ether oxygens (including phenoxy) is 1. The van der Waals surface area contributed by atoms with Crippen LogP contribution in [0.4, 0.5) is 4.39 Å². The van der Waals surface area contributed by atoms with Crippen molar-refractivity contribution in [1.29, 1.82) is 0 Å². The molecule has 5 nitrogen and oxygen atoms in total. The number of aryl methyl sites for hydroxylation is 1. The largest absolute Gasteiger partial charge is 0.439 e. The summed E-state index contributed by atoms with van der Waals surface area (Å²) in [4.78, 5) is 21.0. The number of thiazole rings is 1. The molecule has 0 bridgehead atoms. The molecule has 0 radical (unpaired) electrons. The SMILES string of the molecule is O=C(CCCCc1nc2ccccc2s1)NCc1ccnc(Oc2ccc(F)cc2)c1. The second-order valence-corrected chi connectivity index (χ2v) is 8.23. The standard InChI is InChI=1S/C24H22FN3O2S/c25-18-9-11-19(12-10-18)30-23-15-17(13-14-26-23)16-27-22(29)7-3-4-8-24-28-20-5-1-2-6-21(20)31-24/h1-2,5-6,9-15H,3-4,7-8,16H2,(H,27,29). The molecule has 1 N–H and O–H groups in total. The van der Waals surface area contributed by atoms with E-state index in [0.717, 1.165) is 35.4 Å². The van der Waals surface area contributed by atoms with E-state index >= 15 is 0 Å². The fourth-order valence-corrected chi connectivity index (χ4v) is 4.13. The summed E-state index contributed by atoms with van der Waals surface area (Å²) < 4.78 is 19.8. The van der Waals surface area contributed by atoms with Crippen LogP contribution in [0.25, 0.3) is 10.2 Å². The molecular weight excluding hydrogens is 413 g/mol. The Hall–Kier alpha value is -3.32.